The normalized spacial score (nSPS) is 27.8. The van der Waals surface area contributed by atoms with Gasteiger partial charge in [0.2, 0.25) is 11.8 Å². The van der Waals surface area contributed by atoms with Gasteiger partial charge in [-0.2, -0.15) is 0 Å². The van der Waals surface area contributed by atoms with E-state index in [1.807, 2.05) is 18.7 Å². The molecule has 3 fully saturated rings. The predicted octanol–water partition coefficient (Wildman–Crippen LogP) is 3.39. The lowest BCUT2D eigenvalue weighted by atomic mass is 9.83. The largest absolute Gasteiger partial charge is 0.342 e. The Kier molecular flexibility index (Phi) is 6.77. The van der Waals surface area contributed by atoms with E-state index in [0.29, 0.717) is 18.5 Å². The van der Waals surface area contributed by atoms with E-state index in [2.05, 4.69) is 40.1 Å². The molecule has 0 aromatic heterocycles. The highest BCUT2D eigenvalue weighted by Crippen LogP contribution is 2.33. The second-order valence-electron chi connectivity index (χ2n) is 9.78. The average Bonchev–Trinajstić information content (AvgIpc) is 2.78. The van der Waals surface area contributed by atoms with Gasteiger partial charge in [0.25, 0.3) is 0 Å². The first-order valence-corrected chi connectivity index (χ1v) is 11.9. The Labute approximate surface area is 181 Å². The number of carbonyl (C=O) groups is 2. The molecule has 0 N–H and O–H groups in total. The second kappa shape index (κ2) is 9.51. The highest BCUT2D eigenvalue weighted by Gasteiger charge is 2.39. The van der Waals surface area contributed by atoms with Gasteiger partial charge < -0.3 is 9.80 Å². The Balaban J connectivity index is 1.35. The molecule has 4 rings (SSSR count). The highest BCUT2D eigenvalue weighted by atomic mass is 16.2. The molecular formula is C25H37N3O2. The molecule has 0 saturated carbocycles. The lowest BCUT2D eigenvalue weighted by Gasteiger charge is -2.48. The van der Waals surface area contributed by atoms with Crippen molar-refractivity contribution in [2.24, 2.45) is 17.8 Å². The number of benzene rings is 1. The molecule has 5 heteroatoms. The molecule has 3 heterocycles. The molecular weight excluding hydrogens is 374 g/mol. The fraction of sp³-hybridized carbons (Fsp3) is 0.680. The minimum absolute atomic E-state index is 0.00688. The quantitative estimate of drug-likeness (QED) is 0.763. The molecule has 1 aromatic rings. The molecule has 0 spiro atoms. The number of likely N-dealkylation sites (tertiary alicyclic amines) is 3. The molecule has 0 unspecified atom stereocenters. The topological polar surface area (TPSA) is 43.9 Å². The lowest BCUT2D eigenvalue weighted by molar-refractivity contribution is -0.144. The summed E-state index contributed by atoms with van der Waals surface area (Å²) in [6, 6.07) is 11.3. The first kappa shape index (κ1) is 21.4. The van der Waals surface area contributed by atoms with Gasteiger partial charge in [0.05, 0.1) is 5.92 Å². The van der Waals surface area contributed by atoms with Gasteiger partial charge in [-0.15, -0.1) is 0 Å². The molecule has 3 saturated heterocycles. The van der Waals surface area contributed by atoms with E-state index in [-0.39, 0.29) is 23.7 Å². The third-order valence-electron chi connectivity index (χ3n) is 7.30. The molecule has 2 amide bonds. The van der Waals surface area contributed by atoms with Crippen LogP contribution in [-0.2, 0) is 16.1 Å². The van der Waals surface area contributed by atoms with Crippen molar-refractivity contribution >= 4 is 11.8 Å². The van der Waals surface area contributed by atoms with E-state index >= 15 is 0 Å². The minimum atomic E-state index is -0.0120. The SMILES string of the molecule is CC(C)C(=O)N1CCC[C@H](C(=O)N2CC[C@@H]3[C@H](CCCN3Cc3ccccc3)C2)C1. The maximum Gasteiger partial charge on any atom is 0.227 e. The van der Waals surface area contributed by atoms with Crippen molar-refractivity contribution in [3.8, 4) is 0 Å². The van der Waals surface area contributed by atoms with Gasteiger partial charge in [-0.3, -0.25) is 14.5 Å². The van der Waals surface area contributed by atoms with Crippen molar-refractivity contribution in [3.63, 3.8) is 0 Å². The fourth-order valence-corrected chi connectivity index (χ4v) is 5.72. The summed E-state index contributed by atoms with van der Waals surface area (Å²) >= 11 is 0. The van der Waals surface area contributed by atoms with E-state index in [4.69, 9.17) is 0 Å². The zero-order valence-corrected chi connectivity index (χ0v) is 18.6. The number of nitrogens with zero attached hydrogens (tertiary/aromatic N) is 3. The number of fused-ring (bicyclic) bond motifs is 1. The zero-order chi connectivity index (χ0) is 21.1. The van der Waals surface area contributed by atoms with E-state index in [0.717, 1.165) is 45.4 Å². The molecule has 0 bridgehead atoms. The molecule has 164 valence electrons. The summed E-state index contributed by atoms with van der Waals surface area (Å²) in [4.78, 5) is 32.4. The third kappa shape index (κ3) is 4.72. The van der Waals surface area contributed by atoms with Crippen LogP contribution in [0.15, 0.2) is 30.3 Å². The second-order valence-corrected chi connectivity index (χ2v) is 9.78. The van der Waals surface area contributed by atoms with Crippen LogP contribution in [0.2, 0.25) is 0 Å². The Morgan fingerprint density at radius 1 is 0.933 bits per heavy atom. The number of carbonyl (C=O) groups excluding carboxylic acids is 2. The van der Waals surface area contributed by atoms with Crippen LogP contribution in [0.5, 0.6) is 0 Å². The molecule has 0 aliphatic carbocycles. The molecule has 0 radical (unpaired) electrons. The van der Waals surface area contributed by atoms with Crippen molar-refractivity contribution < 1.29 is 9.59 Å². The van der Waals surface area contributed by atoms with E-state index in [1.165, 1.54) is 24.9 Å². The molecule has 3 atom stereocenters. The summed E-state index contributed by atoms with van der Waals surface area (Å²) in [5.41, 5.74) is 1.38. The monoisotopic (exact) mass is 411 g/mol. The van der Waals surface area contributed by atoms with Crippen LogP contribution in [0.1, 0.15) is 51.5 Å². The van der Waals surface area contributed by atoms with Gasteiger partial charge in [0.15, 0.2) is 0 Å². The zero-order valence-electron chi connectivity index (χ0n) is 18.6. The predicted molar refractivity (Wildman–Crippen MR) is 119 cm³/mol. The first-order chi connectivity index (χ1) is 14.5. The van der Waals surface area contributed by atoms with Crippen molar-refractivity contribution in [2.45, 2.75) is 58.5 Å². The standard InChI is InChI=1S/C25H37N3O2/c1-19(2)24(29)27-14-7-11-22(18-27)25(30)28-15-12-23-21(17-28)10-6-13-26(23)16-20-8-4-3-5-9-20/h3-5,8-9,19,21-23H,6-7,10-18H2,1-2H3/t21-,22+,23-/m1/s1. The summed E-state index contributed by atoms with van der Waals surface area (Å²) in [5.74, 6) is 1.05. The van der Waals surface area contributed by atoms with Gasteiger partial charge in [0.1, 0.15) is 0 Å². The first-order valence-electron chi connectivity index (χ1n) is 11.9. The van der Waals surface area contributed by atoms with Crippen LogP contribution in [0, 0.1) is 17.8 Å². The maximum atomic E-state index is 13.3. The number of piperidine rings is 3. The van der Waals surface area contributed by atoms with Crippen molar-refractivity contribution in [1.29, 1.82) is 0 Å². The van der Waals surface area contributed by atoms with Crippen LogP contribution in [0.25, 0.3) is 0 Å². The van der Waals surface area contributed by atoms with Crippen molar-refractivity contribution in [3.05, 3.63) is 35.9 Å². The highest BCUT2D eigenvalue weighted by molar-refractivity contribution is 5.82. The Morgan fingerprint density at radius 2 is 1.70 bits per heavy atom. The Hall–Kier alpha value is -1.88. The number of hydrogen-bond donors (Lipinski definition) is 0. The van der Waals surface area contributed by atoms with Crippen LogP contribution in [0.3, 0.4) is 0 Å². The van der Waals surface area contributed by atoms with E-state index in [9.17, 15) is 9.59 Å². The summed E-state index contributed by atoms with van der Waals surface area (Å²) in [6.07, 6.45) is 5.38. The van der Waals surface area contributed by atoms with Crippen molar-refractivity contribution in [1.82, 2.24) is 14.7 Å². The minimum Gasteiger partial charge on any atom is -0.342 e. The average molecular weight is 412 g/mol. The number of amides is 2. The van der Waals surface area contributed by atoms with Gasteiger partial charge >= 0.3 is 0 Å². The molecule has 5 nitrogen and oxygen atoms in total. The van der Waals surface area contributed by atoms with Crippen LogP contribution >= 0.6 is 0 Å². The lowest BCUT2D eigenvalue weighted by Crippen LogP contribution is -2.56. The van der Waals surface area contributed by atoms with Crippen LogP contribution in [0.4, 0.5) is 0 Å². The molecule has 3 aliphatic rings. The summed E-state index contributed by atoms with van der Waals surface area (Å²) in [5, 5.41) is 0. The fourth-order valence-electron chi connectivity index (χ4n) is 5.72. The van der Waals surface area contributed by atoms with Gasteiger partial charge in [-0.05, 0) is 50.1 Å². The van der Waals surface area contributed by atoms with Gasteiger partial charge in [0, 0.05) is 44.7 Å². The Morgan fingerprint density at radius 3 is 2.47 bits per heavy atom. The van der Waals surface area contributed by atoms with E-state index < -0.39 is 0 Å². The van der Waals surface area contributed by atoms with Crippen molar-refractivity contribution in [2.75, 3.05) is 32.7 Å². The molecule has 1 aromatic carbocycles. The van der Waals surface area contributed by atoms with Gasteiger partial charge in [-0.25, -0.2) is 0 Å². The summed E-state index contributed by atoms with van der Waals surface area (Å²) in [7, 11) is 0. The number of rotatable bonds is 4. The van der Waals surface area contributed by atoms with Crippen LogP contribution < -0.4 is 0 Å². The Bertz CT molecular complexity index is 735. The van der Waals surface area contributed by atoms with Crippen LogP contribution in [-0.4, -0.2) is 65.3 Å². The summed E-state index contributed by atoms with van der Waals surface area (Å²) in [6.45, 7) is 9.25. The summed E-state index contributed by atoms with van der Waals surface area (Å²) < 4.78 is 0. The smallest absolute Gasteiger partial charge is 0.227 e. The maximum absolute atomic E-state index is 13.3. The van der Waals surface area contributed by atoms with E-state index in [1.54, 1.807) is 0 Å². The van der Waals surface area contributed by atoms with Gasteiger partial charge in [-0.1, -0.05) is 44.2 Å². The number of hydrogen-bond acceptors (Lipinski definition) is 3. The molecule has 3 aliphatic heterocycles. The molecule has 30 heavy (non-hydrogen) atoms. The third-order valence-corrected chi connectivity index (χ3v) is 7.30.